The van der Waals surface area contributed by atoms with Crippen LogP contribution >= 0.6 is 0 Å². The molecule has 0 spiro atoms. The van der Waals surface area contributed by atoms with Gasteiger partial charge in [-0.25, -0.2) is 9.78 Å². The summed E-state index contributed by atoms with van der Waals surface area (Å²) >= 11 is 0. The molecule has 1 unspecified atom stereocenters. The van der Waals surface area contributed by atoms with Crippen LogP contribution in [0.5, 0.6) is 5.75 Å². The minimum atomic E-state index is -0.212. The molecule has 0 bridgehead atoms. The van der Waals surface area contributed by atoms with Crippen LogP contribution in [-0.2, 0) is 18.2 Å². The summed E-state index contributed by atoms with van der Waals surface area (Å²) in [5.41, 5.74) is 5.66. The van der Waals surface area contributed by atoms with Gasteiger partial charge >= 0.3 is 5.97 Å². The Balaban J connectivity index is 1.49. The van der Waals surface area contributed by atoms with Crippen molar-refractivity contribution in [2.45, 2.75) is 91.1 Å². The van der Waals surface area contributed by atoms with Crippen LogP contribution in [0.4, 0.5) is 5.95 Å². The maximum absolute atomic E-state index is 12.7. The highest BCUT2D eigenvalue weighted by Crippen LogP contribution is 2.45. The summed E-state index contributed by atoms with van der Waals surface area (Å²) in [5, 5.41) is 0. The Kier molecular flexibility index (Phi) is 7.93. The minimum absolute atomic E-state index is 0.212. The van der Waals surface area contributed by atoms with Gasteiger partial charge in [0.05, 0.1) is 36.4 Å². The smallest absolute Gasteiger partial charge is 0.338 e. The van der Waals surface area contributed by atoms with Gasteiger partial charge in [-0.2, -0.15) is 0 Å². The van der Waals surface area contributed by atoms with Gasteiger partial charge in [0.1, 0.15) is 5.75 Å². The summed E-state index contributed by atoms with van der Waals surface area (Å²) in [6, 6.07) is 13.0. The molecule has 3 aromatic rings. The Morgan fingerprint density at radius 3 is 2.54 bits per heavy atom. The second-order valence-corrected chi connectivity index (χ2v) is 12.6. The number of aryl methyl sites for hydroxylation is 2. The zero-order chi connectivity index (χ0) is 27.7. The fraction of sp³-hybridized carbons (Fsp3) is 0.576. The lowest BCUT2D eigenvalue weighted by molar-refractivity contribution is 0.0499. The van der Waals surface area contributed by atoms with E-state index in [-0.39, 0.29) is 12.0 Å². The second-order valence-electron chi connectivity index (χ2n) is 12.6. The number of rotatable bonds is 8. The van der Waals surface area contributed by atoms with Crippen LogP contribution in [0.15, 0.2) is 36.4 Å². The van der Waals surface area contributed by atoms with Gasteiger partial charge in [0.2, 0.25) is 5.95 Å². The van der Waals surface area contributed by atoms with Gasteiger partial charge < -0.3 is 18.9 Å². The summed E-state index contributed by atoms with van der Waals surface area (Å²) in [7, 11) is 3.84. The molecule has 6 nitrogen and oxygen atoms in total. The molecule has 0 aliphatic heterocycles. The van der Waals surface area contributed by atoms with Crippen molar-refractivity contribution >= 4 is 23.0 Å². The molecule has 1 heterocycles. The largest absolute Gasteiger partial charge is 0.497 e. The molecule has 0 saturated heterocycles. The number of methoxy groups -OCH3 is 1. The number of aromatic nitrogens is 2. The first-order valence-corrected chi connectivity index (χ1v) is 14.8. The number of carbonyl (C=O) groups is 1. The SMILES string of the molecule is CCCCOC(=O)c1ccc2c(c1)CCC2N(c1nc2cc(OC)ccc2n1C)C1CCC(C(C)(C)C)CC1. The molecule has 39 heavy (non-hydrogen) atoms. The molecule has 0 radical (unpaired) electrons. The van der Waals surface area contributed by atoms with Gasteiger partial charge in [-0.15, -0.1) is 0 Å². The number of benzene rings is 2. The Labute approximate surface area is 233 Å². The van der Waals surface area contributed by atoms with Crippen LogP contribution in [0, 0.1) is 11.3 Å². The molecule has 6 heteroatoms. The first-order chi connectivity index (χ1) is 18.7. The highest BCUT2D eigenvalue weighted by molar-refractivity contribution is 5.90. The highest BCUT2D eigenvalue weighted by Gasteiger charge is 2.39. The molecule has 2 aliphatic carbocycles. The Morgan fingerprint density at radius 2 is 1.85 bits per heavy atom. The van der Waals surface area contributed by atoms with Gasteiger partial charge in [-0.1, -0.05) is 40.2 Å². The van der Waals surface area contributed by atoms with Gasteiger partial charge in [-0.05, 0) is 91.7 Å². The van der Waals surface area contributed by atoms with E-state index in [2.05, 4.69) is 62.4 Å². The summed E-state index contributed by atoms with van der Waals surface area (Å²) < 4.78 is 13.3. The average Bonchev–Trinajstić information content (AvgIpc) is 3.49. The number of esters is 1. The van der Waals surface area contributed by atoms with Crippen LogP contribution in [0.3, 0.4) is 0 Å². The number of ether oxygens (including phenoxy) is 2. The lowest BCUT2D eigenvalue weighted by Crippen LogP contribution is -2.43. The molecule has 2 aromatic carbocycles. The Bertz CT molecular complexity index is 1310. The van der Waals surface area contributed by atoms with E-state index in [0.29, 0.717) is 23.6 Å². The number of nitrogens with zero attached hydrogens (tertiary/aromatic N) is 3. The second kappa shape index (κ2) is 11.2. The molecule has 210 valence electrons. The van der Waals surface area contributed by atoms with E-state index in [9.17, 15) is 4.79 Å². The monoisotopic (exact) mass is 531 g/mol. The Morgan fingerprint density at radius 1 is 1.08 bits per heavy atom. The maximum Gasteiger partial charge on any atom is 0.338 e. The van der Waals surface area contributed by atoms with E-state index in [1.54, 1.807) is 7.11 Å². The predicted molar refractivity (Wildman–Crippen MR) is 158 cm³/mol. The molecular formula is C33H45N3O3. The van der Waals surface area contributed by atoms with E-state index in [1.807, 2.05) is 18.2 Å². The quantitative estimate of drug-likeness (QED) is 0.221. The van der Waals surface area contributed by atoms with Crippen molar-refractivity contribution in [3.8, 4) is 5.75 Å². The first-order valence-electron chi connectivity index (χ1n) is 14.8. The van der Waals surface area contributed by atoms with Crippen LogP contribution in [0.1, 0.15) is 100 Å². The lowest BCUT2D eigenvalue weighted by atomic mass is 9.71. The highest BCUT2D eigenvalue weighted by atomic mass is 16.5. The number of fused-ring (bicyclic) bond motifs is 2. The summed E-state index contributed by atoms with van der Waals surface area (Å²) in [4.78, 5) is 20.5. The molecule has 0 N–H and O–H groups in total. The van der Waals surface area contributed by atoms with E-state index < -0.39 is 0 Å². The van der Waals surface area contributed by atoms with Crippen LogP contribution in [0.25, 0.3) is 11.0 Å². The van der Waals surface area contributed by atoms with Crippen molar-refractivity contribution in [2.75, 3.05) is 18.6 Å². The van der Waals surface area contributed by atoms with Crippen molar-refractivity contribution in [3.05, 3.63) is 53.1 Å². The van der Waals surface area contributed by atoms with E-state index >= 15 is 0 Å². The van der Waals surface area contributed by atoms with Crippen LogP contribution < -0.4 is 9.64 Å². The zero-order valence-electron chi connectivity index (χ0n) is 24.6. The lowest BCUT2D eigenvalue weighted by Gasteiger charge is -2.44. The molecule has 1 saturated carbocycles. The molecule has 2 aliphatic rings. The minimum Gasteiger partial charge on any atom is -0.497 e. The van der Waals surface area contributed by atoms with Gasteiger partial charge in [-0.3, -0.25) is 0 Å². The molecule has 1 atom stereocenters. The van der Waals surface area contributed by atoms with Crippen molar-refractivity contribution in [1.82, 2.24) is 9.55 Å². The zero-order valence-corrected chi connectivity index (χ0v) is 24.6. The fourth-order valence-electron chi connectivity index (χ4n) is 6.71. The summed E-state index contributed by atoms with van der Waals surface area (Å²) in [6.45, 7) is 9.73. The van der Waals surface area contributed by atoms with Gasteiger partial charge in [0, 0.05) is 19.2 Å². The normalized spacial score (nSPS) is 21.1. The molecule has 5 rings (SSSR count). The van der Waals surface area contributed by atoms with E-state index in [0.717, 1.165) is 54.3 Å². The number of hydrogen-bond donors (Lipinski definition) is 0. The maximum atomic E-state index is 12.7. The number of anilines is 1. The van der Waals surface area contributed by atoms with Crippen molar-refractivity contribution in [1.29, 1.82) is 0 Å². The fourth-order valence-corrected chi connectivity index (χ4v) is 6.71. The first kappa shape index (κ1) is 27.5. The summed E-state index contributed by atoms with van der Waals surface area (Å²) in [6.07, 6.45) is 8.72. The third-order valence-corrected chi connectivity index (χ3v) is 9.10. The van der Waals surface area contributed by atoms with Gasteiger partial charge in [0.15, 0.2) is 0 Å². The third-order valence-electron chi connectivity index (χ3n) is 9.10. The van der Waals surface area contributed by atoms with Crippen LogP contribution in [-0.4, -0.2) is 35.3 Å². The topological polar surface area (TPSA) is 56.6 Å². The summed E-state index contributed by atoms with van der Waals surface area (Å²) in [5.74, 6) is 2.39. The molecule has 0 amide bonds. The number of carbonyl (C=O) groups excluding carboxylic acids is 1. The number of unbranched alkanes of at least 4 members (excludes halogenated alkanes) is 1. The van der Waals surface area contributed by atoms with E-state index in [1.165, 1.54) is 36.8 Å². The van der Waals surface area contributed by atoms with Crippen LogP contribution in [0.2, 0.25) is 0 Å². The number of hydrogen-bond acceptors (Lipinski definition) is 5. The molecule has 1 aromatic heterocycles. The number of imidazole rings is 1. The van der Waals surface area contributed by atoms with Crippen molar-refractivity contribution in [2.24, 2.45) is 18.4 Å². The molecule has 1 fully saturated rings. The van der Waals surface area contributed by atoms with E-state index in [4.69, 9.17) is 14.5 Å². The van der Waals surface area contributed by atoms with Crippen molar-refractivity contribution < 1.29 is 14.3 Å². The van der Waals surface area contributed by atoms with Gasteiger partial charge in [0.25, 0.3) is 0 Å². The Hall–Kier alpha value is -3.02. The third kappa shape index (κ3) is 5.53. The standard InChI is InChI=1S/C33H45N3O3/c1-7-8-19-39-31(37)23-9-16-27-22(20-23)10-17-29(27)36(25-13-11-24(12-14-25)33(2,3)4)32-34-28-21-26(38-6)15-18-30(28)35(32)5/h9,15-16,18,20-21,24-25,29H,7-8,10-14,17,19H2,1-6H3. The average molecular weight is 532 g/mol. The van der Waals surface area contributed by atoms with Crippen molar-refractivity contribution in [3.63, 3.8) is 0 Å². The molecular weight excluding hydrogens is 486 g/mol. The predicted octanol–water partition coefficient (Wildman–Crippen LogP) is 7.64.